The van der Waals surface area contributed by atoms with Crippen molar-refractivity contribution in [2.75, 3.05) is 0 Å². The highest BCUT2D eigenvalue weighted by Gasteiger charge is 2.12. The lowest BCUT2D eigenvalue weighted by Gasteiger charge is -2.00. The highest BCUT2D eigenvalue weighted by atomic mass is 16.6. The molecule has 0 aromatic heterocycles. The number of phenols is 1. The van der Waals surface area contributed by atoms with Crippen LogP contribution in [-0.2, 0) is 0 Å². The van der Waals surface area contributed by atoms with Crippen LogP contribution in [0.2, 0.25) is 0 Å². The number of non-ortho nitro benzene ring substituents is 1. The van der Waals surface area contributed by atoms with Crippen LogP contribution < -0.4 is 0 Å². The summed E-state index contributed by atoms with van der Waals surface area (Å²) >= 11 is 0. The van der Waals surface area contributed by atoms with Crippen LogP contribution in [0, 0.1) is 10.1 Å². The van der Waals surface area contributed by atoms with Crippen molar-refractivity contribution in [1.82, 2.24) is 0 Å². The van der Waals surface area contributed by atoms with Crippen LogP contribution in [0.5, 0.6) is 5.75 Å². The molecule has 0 amide bonds. The van der Waals surface area contributed by atoms with E-state index in [1.165, 1.54) is 18.2 Å². The molecule has 120 valence electrons. The maximum atomic E-state index is 12.0. The van der Waals surface area contributed by atoms with Crippen molar-refractivity contribution < 1.29 is 14.8 Å². The van der Waals surface area contributed by atoms with Crippen LogP contribution in [0.1, 0.15) is 15.9 Å². The van der Waals surface area contributed by atoms with Gasteiger partial charge in [-0.1, -0.05) is 60.7 Å². The zero-order chi connectivity index (χ0) is 17.4. The number of para-hydroxylation sites is 1. The third-order valence-corrected chi connectivity index (χ3v) is 3.11. The van der Waals surface area contributed by atoms with E-state index in [0.717, 1.165) is 0 Å². The summed E-state index contributed by atoms with van der Waals surface area (Å²) in [5, 5.41) is 19.2. The van der Waals surface area contributed by atoms with Crippen molar-refractivity contribution in [3.8, 4) is 5.75 Å². The minimum Gasteiger partial charge on any atom is -0.508 e. The minimum absolute atomic E-state index is 0.0771. The highest BCUT2D eigenvalue weighted by Crippen LogP contribution is 2.16. The summed E-state index contributed by atoms with van der Waals surface area (Å²) in [6.07, 6.45) is 0. The molecule has 3 aromatic rings. The summed E-state index contributed by atoms with van der Waals surface area (Å²) in [7, 11) is 0. The monoisotopic (exact) mass is 321 g/mol. The lowest BCUT2D eigenvalue weighted by atomic mass is 10.0. The number of nitro benzene ring substituents is 1. The van der Waals surface area contributed by atoms with Gasteiger partial charge in [0.05, 0.1) is 4.92 Å². The Kier molecular flexibility index (Phi) is 5.80. The lowest BCUT2D eigenvalue weighted by Crippen LogP contribution is -2.01. The zero-order valence-corrected chi connectivity index (χ0v) is 12.7. The standard InChI is InChI=1S/C13H9NO3.C6H6O/c15-13(10-5-2-1-3-6-10)11-7-4-8-12(9-11)14(16)17;7-6-4-2-1-3-5-6/h1-9H;1-5,7H. The number of benzene rings is 3. The van der Waals surface area contributed by atoms with E-state index < -0.39 is 4.92 Å². The summed E-state index contributed by atoms with van der Waals surface area (Å²) in [5.41, 5.74) is 0.769. The summed E-state index contributed by atoms with van der Waals surface area (Å²) in [6.45, 7) is 0. The van der Waals surface area contributed by atoms with Crippen molar-refractivity contribution in [3.05, 3.63) is 106 Å². The lowest BCUT2D eigenvalue weighted by molar-refractivity contribution is -0.384. The first kappa shape index (κ1) is 16.9. The van der Waals surface area contributed by atoms with Crippen molar-refractivity contribution in [2.45, 2.75) is 0 Å². The topological polar surface area (TPSA) is 80.4 Å². The molecule has 0 unspecified atom stereocenters. The largest absolute Gasteiger partial charge is 0.508 e. The van der Waals surface area contributed by atoms with Gasteiger partial charge in [-0.05, 0) is 12.1 Å². The van der Waals surface area contributed by atoms with Crippen LogP contribution in [0.15, 0.2) is 84.9 Å². The molecule has 0 saturated heterocycles. The Morgan fingerprint density at radius 1 is 0.792 bits per heavy atom. The molecule has 24 heavy (non-hydrogen) atoms. The second kappa shape index (κ2) is 8.24. The van der Waals surface area contributed by atoms with Gasteiger partial charge in [0.25, 0.3) is 5.69 Å². The summed E-state index contributed by atoms with van der Waals surface area (Å²) < 4.78 is 0. The molecular formula is C19H15NO4. The average molecular weight is 321 g/mol. The molecule has 5 heteroatoms. The number of ketones is 1. The minimum atomic E-state index is -0.512. The van der Waals surface area contributed by atoms with E-state index in [-0.39, 0.29) is 11.5 Å². The van der Waals surface area contributed by atoms with Gasteiger partial charge in [0.1, 0.15) is 5.75 Å². The van der Waals surface area contributed by atoms with Crippen molar-refractivity contribution in [1.29, 1.82) is 0 Å². The van der Waals surface area contributed by atoms with Crippen LogP contribution >= 0.6 is 0 Å². The summed E-state index contributed by atoms with van der Waals surface area (Å²) in [4.78, 5) is 22.1. The Morgan fingerprint density at radius 2 is 1.33 bits per heavy atom. The first-order valence-corrected chi connectivity index (χ1v) is 7.16. The fourth-order valence-corrected chi connectivity index (χ4v) is 1.94. The van der Waals surface area contributed by atoms with Crippen LogP contribution in [0.25, 0.3) is 0 Å². The predicted octanol–water partition coefficient (Wildman–Crippen LogP) is 4.22. The van der Waals surface area contributed by atoms with Crippen molar-refractivity contribution >= 4 is 11.5 Å². The molecular weight excluding hydrogens is 306 g/mol. The van der Waals surface area contributed by atoms with E-state index in [1.54, 1.807) is 54.6 Å². The highest BCUT2D eigenvalue weighted by molar-refractivity contribution is 6.09. The van der Waals surface area contributed by atoms with E-state index >= 15 is 0 Å². The first-order valence-electron chi connectivity index (χ1n) is 7.16. The number of carbonyl (C=O) groups is 1. The SMILES string of the molecule is O=C(c1ccccc1)c1cccc([N+](=O)[O-])c1.Oc1ccccc1. The van der Waals surface area contributed by atoms with Gasteiger partial charge in [-0.3, -0.25) is 14.9 Å². The molecule has 0 heterocycles. The van der Waals surface area contributed by atoms with E-state index in [0.29, 0.717) is 16.9 Å². The average Bonchev–Trinajstić information content (AvgIpc) is 2.63. The molecule has 0 spiro atoms. The van der Waals surface area contributed by atoms with Gasteiger partial charge in [-0.2, -0.15) is 0 Å². The fraction of sp³-hybridized carbons (Fsp3) is 0. The van der Waals surface area contributed by atoms with E-state index in [9.17, 15) is 14.9 Å². The molecule has 0 aliphatic rings. The van der Waals surface area contributed by atoms with Gasteiger partial charge in [0.15, 0.2) is 5.78 Å². The molecule has 0 aliphatic carbocycles. The Balaban J connectivity index is 0.000000249. The molecule has 0 fully saturated rings. The van der Waals surface area contributed by atoms with E-state index in [4.69, 9.17) is 5.11 Å². The number of phenolic OH excluding ortho intramolecular Hbond substituents is 1. The van der Waals surface area contributed by atoms with Gasteiger partial charge in [-0.25, -0.2) is 0 Å². The normalized spacial score (nSPS) is 9.50. The number of nitrogens with zero attached hydrogens (tertiary/aromatic N) is 1. The van der Waals surface area contributed by atoms with Crippen molar-refractivity contribution in [3.63, 3.8) is 0 Å². The Bertz CT molecular complexity index is 817. The van der Waals surface area contributed by atoms with Crippen LogP contribution in [0.4, 0.5) is 5.69 Å². The molecule has 5 nitrogen and oxygen atoms in total. The number of rotatable bonds is 3. The number of aromatic hydroxyl groups is 1. The summed E-state index contributed by atoms with van der Waals surface area (Å²) in [6, 6.07) is 23.1. The molecule has 1 N–H and O–H groups in total. The zero-order valence-electron chi connectivity index (χ0n) is 12.7. The summed E-state index contributed by atoms with van der Waals surface area (Å²) in [5.74, 6) is 0.108. The Labute approximate surface area is 139 Å². The molecule has 0 radical (unpaired) electrons. The Hall–Kier alpha value is -3.47. The number of hydrogen-bond acceptors (Lipinski definition) is 4. The Morgan fingerprint density at radius 3 is 1.83 bits per heavy atom. The number of carbonyl (C=O) groups excluding carboxylic acids is 1. The molecule has 3 rings (SSSR count). The molecule has 0 saturated carbocycles. The maximum absolute atomic E-state index is 12.0. The van der Waals surface area contributed by atoms with Gasteiger partial charge < -0.3 is 5.11 Å². The predicted molar refractivity (Wildman–Crippen MR) is 91.1 cm³/mol. The van der Waals surface area contributed by atoms with Gasteiger partial charge in [-0.15, -0.1) is 0 Å². The van der Waals surface area contributed by atoms with E-state index in [2.05, 4.69) is 0 Å². The molecule has 0 aliphatic heterocycles. The third kappa shape index (κ3) is 4.78. The third-order valence-electron chi connectivity index (χ3n) is 3.11. The molecule has 3 aromatic carbocycles. The second-order valence-corrected chi connectivity index (χ2v) is 4.84. The van der Waals surface area contributed by atoms with Gasteiger partial charge >= 0.3 is 0 Å². The maximum Gasteiger partial charge on any atom is 0.270 e. The van der Waals surface area contributed by atoms with Crippen LogP contribution in [0.3, 0.4) is 0 Å². The van der Waals surface area contributed by atoms with Crippen LogP contribution in [-0.4, -0.2) is 15.8 Å². The quantitative estimate of drug-likeness (QED) is 0.445. The van der Waals surface area contributed by atoms with Gasteiger partial charge in [0, 0.05) is 23.3 Å². The fourth-order valence-electron chi connectivity index (χ4n) is 1.94. The molecule has 0 bridgehead atoms. The molecule has 0 atom stereocenters. The van der Waals surface area contributed by atoms with Crippen molar-refractivity contribution in [2.24, 2.45) is 0 Å². The number of hydrogen-bond donors (Lipinski definition) is 1. The van der Waals surface area contributed by atoms with E-state index in [1.807, 2.05) is 12.1 Å². The first-order chi connectivity index (χ1) is 11.6. The van der Waals surface area contributed by atoms with Gasteiger partial charge in [0.2, 0.25) is 0 Å². The second-order valence-electron chi connectivity index (χ2n) is 4.84. The number of nitro groups is 1. The smallest absolute Gasteiger partial charge is 0.270 e.